The minimum absolute atomic E-state index is 0.187. The fraction of sp³-hybridized carbons (Fsp3) is 0.458. The molecular formula is C24H34N2O4. The first kappa shape index (κ1) is 23.9. The Kier molecular flexibility index (Phi) is 9.80. The lowest BCUT2D eigenvalue weighted by Crippen LogP contribution is -2.37. The molecule has 0 unspecified atom stereocenters. The van der Waals surface area contributed by atoms with Crippen LogP contribution >= 0.6 is 0 Å². The Labute approximate surface area is 179 Å². The summed E-state index contributed by atoms with van der Waals surface area (Å²) < 4.78 is 10.9. The maximum absolute atomic E-state index is 11.1. The van der Waals surface area contributed by atoms with Gasteiger partial charge >= 0.3 is 0 Å². The zero-order chi connectivity index (χ0) is 21.9. The summed E-state index contributed by atoms with van der Waals surface area (Å²) in [6.45, 7) is 2.97. The van der Waals surface area contributed by atoms with Gasteiger partial charge in [-0.2, -0.15) is 0 Å². The Morgan fingerprint density at radius 3 is 2.23 bits per heavy atom. The summed E-state index contributed by atoms with van der Waals surface area (Å²) in [5.41, 5.74) is 2.29. The average molecular weight is 415 g/mol. The third kappa shape index (κ3) is 8.14. The first-order chi connectivity index (χ1) is 14.4. The Morgan fingerprint density at radius 2 is 1.67 bits per heavy atom. The van der Waals surface area contributed by atoms with E-state index in [0.29, 0.717) is 25.3 Å². The molecule has 0 fully saturated rings. The topological polar surface area (TPSA) is 71.0 Å². The number of nitrogens with zero attached hydrogens (tertiary/aromatic N) is 1. The molecular weight excluding hydrogens is 380 g/mol. The van der Waals surface area contributed by atoms with Crippen LogP contribution in [0.15, 0.2) is 48.5 Å². The van der Waals surface area contributed by atoms with E-state index in [1.54, 1.807) is 14.0 Å². The number of ether oxygens (including phenoxy) is 2. The van der Waals surface area contributed by atoms with Crippen LogP contribution in [0.4, 0.5) is 0 Å². The maximum Gasteiger partial charge on any atom is 0.130 e. The molecule has 2 N–H and O–H groups in total. The van der Waals surface area contributed by atoms with Crippen molar-refractivity contribution in [2.75, 3.05) is 40.9 Å². The van der Waals surface area contributed by atoms with Crippen LogP contribution in [-0.2, 0) is 11.2 Å². The van der Waals surface area contributed by atoms with E-state index in [1.165, 1.54) is 5.56 Å². The molecule has 0 aliphatic rings. The van der Waals surface area contributed by atoms with Gasteiger partial charge in [-0.15, -0.1) is 0 Å². The van der Waals surface area contributed by atoms with Crippen LogP contribution in [0.2, 0.25) is 0 Å². The highest BCUT2D eigenvalue weighted by molar-refractivity contribution is 5.75. The molecule has 6 nitrogen and oxygen atoms in total. The van der Waals surface area contributed by atoms with Gasteiger partial charge in [-0.05, 0) is 62.8 Å². The molecule has 0 spiro atoms. The zero-order valence-electron chi connectivity index (χ0n) is 18.4. The second-order valence-electron chi connectivity index (χ2n) is 7.72. The molecule has 0 saturated heterocycles. The van der Waals surface area contributed by atoms with E-state index < -0.39 is 6.10 Å². The number of aliphatic hydroxyl groups excluding tert-OH is 1. The van der Waals surface area contributed by atoms with E-state index in [4.69, 9.17) is 9.47 Å². The minimum Gasteiger partial charge on any atom is -0.497 e. The smallest absolute Gasteiger partial charge is 0.130 e. The van der Waals surface area contributed by atoms with E-state index in [2.05, 4.69) is 22.3 Å². The number of hydrogen-bond donors (Lipinski definition) is 2. The van der Waals surface area contributed by atoms with Crippen molar-refractivity contribution in [1.29, 1.82) is 0 Å². The number of methoxy groups -OCH3 is 1. The van der Waals surface area contributed by atoms with Crippen molar-refractivity contribution in [3.8, 4) is 11.5 Å². The van der Waals surface area contributed by atoms with Crippen molar-refractivity contribution >= 4 is 5.78 Å². The standard InChI is InChI=1S/C24H34N2O4/c1-18(27)5-6-19-7-11-23(12-8-19)30-17-21(28)15-25-16-24(26(2)3)20-9-13-22(29-4)14-10-20/h7-14,21,24-25,28H,5-6,15-17H2,1-4H3/t21-,24-/m0/s1. The molecule has 0 aliphatic heterocycles. The number of benzene rings is 2. The van der Waals surface area contributed by atoms with Gasteiger partial charge in [-0.3, -0.25) is 0 Å². The van der Waals surface area contributed by atoms with Crippen LogP contribution in [0, 0.1) is 0 Å². The maximum atomic E-state index is 11.1. The lowest BCUT2D eigenvalue weighted by atomic mass is 10.1. The van der Waals surface area contributed by atoms with Crippen molar-refractivity contribution in [2.45, 2.75) is 31.9 Å². The number of likely N-dealkylation sites (N-methyl/N-ethyl adjacent to an activating group) is 1. The Balaban J connectivity index is 1.74. The second kappa shape index (κ2) is 12.3. The van der Waals surface area contributed by atoms with Crippen LogP contribution < -0.4 is 14.8 Å². The molecule has 0 amide bonds. The number of rotatable bonds is 13. The molecule has 0 bridgehead atoms. The third-order valence-corrected chi connectivity index (χ3v) is 4.97. The second-order valence-corrected chi connectivity index (χ2v) is 7.72. The van der Waals surface area contributed by atoms with Crippen LogP contribution in [0.5, 0.6) is 11.5 Å². The van der Waals surface area contributed by atoms with Gasteiger partial charge in [-0.1, -0.05) is 24.3 Å². The van der Waals surface area contributed by atoms with Crippen molar-refractivity contribution < 1.29 is 19.4 Å². The molecule has 2 aromatic rings. The van der Waals surface area contributed by atoms with Gasteiger partial charge in [0.25, 0.3) is 0 Å². The largest absolute Gasteiger partial charge is 0.497 e. The molecule has 2 aromatic carbocycles. The quantitative estimate of drug-likeness (QED) is 0.525. The molecule has 0 heterocycles. The Hall–Kier alpha value is -2.41. The van der Waals surface area contributed by atoms with E-state index in [-0.39, 0.29) is 18.4 Å². The minimum atomic E-state index is -0.610. The normalized spacial score (nSPS) is 13.1. The fourth-order valence-electron chi connectivity index (χ4n) is 3.14. The number of ketones is 1. The summed E-state index contributed by atoms with van der Waals surface area (Å²) in [5, 5.41) is 13.6. The number of carbonyl (C=O) groups is 1. The monoisotopic (exact) mass is 414 g/mol. The number of hydrogen-bond acceptors (Lipinski definition) is 6. The molecule has 6 heteroatoms. The fourth-order valence-corrected chi connectivity index (χ4v) is 3.14. The van der Waals surface area contributed by atoms with E-state index in [9.17, 15) is 9.90 Å². The first-order valence-electron chi connectivity index (χ1n) is 10.3. The summed E-state index contributed by atoms with van der Waals surface area (Å²) in [7, 11) is 5.73. The van der Waals surface area contributed by atoms with Gasteiger partial charge in [0.05, 0.1) is 7.11 Å². The molecule has 0 saturated carbocycles. The molecule has 0 aromatic heterocycles. The third-order valence-electron chi connectivity index (χ3n) is 4.97. The number of carbonyl (C=O) groups excluding carboxylic acids is 1. The highest BCUT2D eigenvalue weighted by Gasteiger charge is 2.15. The molecule has 0 aliphatic carbocycles. The summed E-state index contributed by atoms with van der Waals surface area (Å²) in [6.07, 6.45) is 0.680. The van der Waals surface area contributed by atoms with Crippen molar-refractivity contribution in [1.82, 2.24) is 10.2 Å². The van der Waals surface area contributed by atoms with Gasteiger partial charge in [0, 0.05) is 25.6 Å². The molecule has 2 rings (SSSR count). The van der Waals surface area contributed by atoms with Crippen molar-refractivity contribution in [3.05, 3.63) is 59.7 Å². The predicted molar refractivity (Wildman–Crippen MR) is 119 cm³/mol. The predicted octanol–water partition coefficient (Wildman–Crippen LogP) is 2.85. The molecule has 164 valence electrons. The number of aliphatic hydroxyl groups is 1. The van der Waals surface area contributed by atoms with Crippen LogP contribution in [-0.4, -0.2) is 62.8 Å². The Bertz CT molecular complexity index is 760. The van der Waals surface area contributed by atoms with Crippen LogP contribution in [0.3, 0.4) is 0 Å². The average Bonchev–Trinajstić information content (AvgIpc) is 2.74. The van der Waals surface area contributed by atoms with Gasteiger partial charge in [-0.25, -0.2) is 0 Å². The SMILES string of the molecule is COc1ccc([C@H](CNC[C@H](O)COc2ccc(CCC(C)=O)cc2)N(C)C)cc1. The Morgan fingerprint density at radius 1 is 1.03 bits per heavy atom. The van der Waals surface area contributed by atoms with Gasteiger partial charge < -0.3 is 29.6 Å². The van der Waals surface area contributed by atoms with Gasteiger partial charge in [0.2, 0.25) is 0 Å². The van der Waals surface area contributed by atoms with Crippen molar-refractivity contribution in [2.24, 2.45) is 0 Å². The van der Waals surface area contributed by atoms with Crippen molar-refractivity contribution in [3.63, 3.8) is 0 Å². The number of nitrogens with one attached hydrogen (secondary N) is 1. The van der Waals surface area contributed by atoms with E-state index >= 15 is 0 Å². The molecule has 30 heavy (non-hydrogen) atoms. The van der Waals surface area contributed by atoms with E-state index in [1.807, 2.05) is 50.5 Å². The number of Topliss-reactive ketones (excluding diaryl/α,β-unsaturated/α-hetero) is 1. The number of aryl methyl sites for hydroxylation is 1. The van der Waals surface area contributed by atoms with E-state index in [0.717, 1.165) is 17.7 Å². The first-order valence-corrected chi connectivity index (χ1v) is 10.3. The summed E-state index contributed by atoms with van der Waals surface area (Å²) in [4.78, 5) is 13.2. The lowest BCUT2D eigenvalue weighted by Gasteiger charge is -2.26. The molecule has 2 atom stereocenters. The summed E-state index contributed by atoms with van der Waals surface area (Å²) >= 11 is 0. The zero-order valence-corrected chi connectivity index (χ0v) is 18.4. The summed E-state index contributed by atoms with van der Waals surface area (Å²) in [6, 6.07) is 15.9. The highest BCUT2D eigenvalue weighted by atomic mass is 16.5. The molecule has 0 radical (unpaired) electrons. The van der Waals surface area contributed by atoms with Gasteiger partial charge in [0.15, 0.2) is 0 Å². The van der Waals surface area contributed by atoms with Crippen LogP contribution in [0.25, 0.3) is 0 Å². The summed E-state index contributed by atoms with van der Waals surface area (Å²) in [5.74, 6) is 1.74. The van der Waals surface area contributed by atoms with Gasteiger partial charge in [0.1, 0.15) is 30.0 Å². The highest BCUT2D eigenvalue weighted by Crippen LogP contribution is 2.20. The van der Waals surface area contributed by atoms with Crippen LogP contribution in [0.1, 0.15) is 30.5 Å². The lowest BCUT2D eigenvalue weighted by molar-refractivity contribution is -0.116.